The van der Waals surface area contributed by atoms with Crippen molar-refractivity contribution in [2.75, 3.05) is 0 Å². The summed E-state index contributed by atoms with van der Waals surface area (Å²) in [6, 6.07) is 39.9. The van der Waals surface area contributed by atoms with Crippen molar-refractivity contribution in [2.45, 2.75) is 38.9 Å². The zero-order valence-electron chi connectivity index (χ0n) is 27.0. The van der Waals surface area contributed by atoms with Gasteiger partial charge in [-0.05, 0) is 98.2 Å². The molecule has 1 aliphatic heterocycles. The maximum absolute atomic E-state index is 6.67. The van der Waals surface area contributed by atoms with Crippen LogP contribution in [0, 0.1) is 0 Å². The van der Waals surface area contributed by atoms with E-state index >= 15 is 0 Å². The number of hydrogen-bond donors (Lipinski definition) is 0. The molecule has 5 heterocycles. The number of aromatic nitrogens is 1. The van der Waals surface area contributed by atoms with Gasteiger partial charge in [-0.25, -0.2) is 0 Å². The maximum Gasteiger partial charge on any atom is 0.494 e. The first-order valence-corrected chi connectivity index (χ1v) is 17.4. The van der Waals surface area contributed by atoms with Gasteiger partial charge in [0.25, 0.3) is 0 Å². The standard InChI is InChI=1S/C42H30BNO3S/c1-41(2)42(3,4)47-43(46-41)25-21-30-27-10-7-13-36-38(27)39-33(11-8-14-37(39)48-36)44-32-17-15-23(19-28(32)31(22-25)40(30)44)24-16-18-35-29(20-24)26-9-5-6-12-34(26)45-35/h5-22H,1-4H3. The second-order valence-electron chi connectivity index (χ2n) is 14.4. The van der Waals surface area contributed by atoms with Crippen LogP contribution in [0.4, 0.5) is 0 Å². The zero-order chi connectivity index (χ0) is 32.1. The first kappa shape index (κ1) is 27.1. The third-order valence-electron chi connectivity index (χ3n) is 11.2. The van der Waals surface area contributed by atoms with Crippen molar-refractivity contribution in [3.8, 4) is 11.1 Å². The zero-order valence-corrected chi connectivity index (χ0v) is 27.9. The molecule has 11 rings (SSSR count). The fraction of sp³-hybridized carbons (Fsp3) is 0.143. The summed E-state index contributed by atoms with van der Waals surface area (Å²) >= 11 is 1.87. The van der Waals surface area contributed by atoms with Crippen molar-refractivity contribution < 1.29 is 13.7 Å². The van der Waals surface area contributed by atoms with E-state index in [1.54, 1.807) is 0 Å². The first-order chi connectivity index (χ1) is 23.3. The van der Waals surface area contributed by atoms with Gasteiger partial charge in [-0.2, -0.15) is 0 Å². The van der Waals surface area contributed by atoms with E-state index in [0.29, 0.717) is 0 Å². The quantitative estimate of drug-likeness (QED) is 0.177. The SMILES string of the molecule is CC1(C)OB(c2cc3c4cccc5sc6cccc(c6c54)n4c5ccc(-c6ccc7oc8ccccc8c7c6)cc5c(c2)c34)OC1(C)C. The minimum Gasteiger partial charge on any atom is -0.456 e. The average molecular weight is 640 g/mol. The summed E-state index contributed by atoms with van der Waals surface area (Å²) in [6.45, 7) is 8.49. The van der Waals surface area contributed by atoms with Crippen LogP contribution >= 0.6 is 11.3 Å². The molecule has 4 nitrogen and oxygen atoms in total. The van der Waals surface area contributed by atoms with E-state index in [-0.39, 0.29) is 0 Å². The van der Waals surface area contributed by atoms with Gasteiger partial charge >= 0.3 is 7.12 Å². The number of thiophene rings is 1. The van der Waals surface area contributed by atoms with Crippen LogP contribution < -0.4 is 5.46 Å². The molecular weight excluding hydrogens is 609 g/mol. The number of fused-ring (bicyclic) bond motifs is 8. The van der Waals surface area contributed by atoms with Crippen LogP contribution in [-0.4, -0.2) is 22.7 Å². The summed E-state index contributed by atoms with van der Waals surface area (Å²) in [6.07, 6.45) is 0. The summed E-state index contributed by atoms with van der Waals surface area (Å²) in [4.78, 5) is 0. The molecule has 4 aromatic heterocycles. The number of benzene rings is 6. The Balaban J connectivity index is 1.27. The smallest absolute Gasteiger partial charge is 0.456 e. The van der Waals surface area contributed by atoms with Crippen molar-refractivity contribution in [3.63, 3.8) is 0 Å². The van der Waals surface area contributed by atoms with Gasteiger partial charge in [0.2, 0.25) is 0 Å². The summed E-state index contributed by atoms with van der Waals surface area (Å²) in [7, 11) is -0.471. The second kappa shape index (κ2) is 8.97. The Morgan fingerprint density at radius 1 is 0.542 bits per heavy atom. The fourth-order valence-corrected chi connectivity index (χ4v) is 9.24. The van der Waals surface area contributed by atoms with Crippen LogP contribution in [0.5, 0.6) is 0 Å². The molecule has 1 saturated heterocycles. The van der Waals surface area contributed by atoms with E-state index in [1.165, 1.54) is 69.4 Å². The molecule has 48 heavy (non-hydrogen) atoms. The molecule has 0 atom stereocenters. The van der Waals surface area contributed by atoms with E-state index in [0.717, 1.165) is 27.4 Å². The lowest BCUT2D eigenvalue weighted by atomic mass is 9.77. The van der Waals surface area contributed by atoms with Gasteiger partial charge in [-0.15, -0.1) is 11.3 Å². The van der Waals surface area contributed by atoms with Crippen molar-refractivity contribution in [2.24, 2.45) is 0 Å². The molecule has 6 aromatic carbocycles. The molecule has 0 amide bonds. The maximum atomic E-state index is 6.67. The molecule has 0 radical (unpaired) electrons. The number of nitrogens with zero attached hydrogens (tertiary/aromatic N) is 1. The highest BCUT2D eigenvalue weighted by Crippen LogP contribution is 2.46. The Bertz CT molecular complexity index is 2960. The number of furan rings is 1. The molecular formula is C42H30BNO3S. The van der Waals surface area contributed by atoms with E-state index in [9.17, 15) is 0 Å². The molecule has 230 valence electrons. The van der Waals surface area contributed by atoms with E-state index < -0.39 is 18.3 Å². The van der Waals surface area contributed by atoms with E-state index in [2.05, 4.69) is 129 Å². The third kappa shape index (κ3) is 3.42. The largest absolute Gasteiger partial charge is 0.494 e. The van der Waals surface area contributed by atoms with Gasteiger partial charge in [0.05, 0.1) is 27.8 Å². The lowest BCUT2D eigenvalue weighted by Gasteiger charge is -2.32. The highest BCUT2D eigenvalue weighted by molar-refractivity contribution is 7.26. The molecule has 0 bridgehead atoms. The van der Waals surface area contributed by atoms with Gasteiger partial charge < -0.3 is 18.1 Å². The Labute approximate surface area is 280 Å². The highest BCUT2D eigenvalue weighted by Gasteiger charge is 2.51. The Kier molecular flexibility index (Phi) is 5.07. The molecule has 10 aromatic rings. The van der Waals surface area contributed by atoms with Crippen LogP contribution in [0.1, 0.15) is 27.7 Å². The normalized spacial score (nSPS) is 16.5. The molecule has 1 fully saturated rings. The third-order valence-corrected chi connectivity index (χ3v) is 12.3. The van der Waals surface area contributed by atoms with Gasteiger partial charge in [0.15, 0.2) is 0 Å². The summed E-state index contributed by atoms with van der Waals surface area (Å²) in [5.41, 5.74) is 7.97. The molecule has 1 aliphatic rings. The Hall–Kier alpha value is -4.88. The lowest BCUT2D eigenvalue weighted by Crippen LogP contribution is -2.41. The molecule has 0 unspecified atom stereocenters. The van der Waals surface area contributed by atoms with Gasteiger partial charge in [0, 0.05) is 47.1 Å². The van der Waals surface area contributed by atoms with Crippen molar-refractivity contribution in [3.05, 3.63) is 109 Å². The monoisotopic (exact) mass is 639 g/mol. The average Bonchev–Trinajstić information content (AvgIpc) is 3.78. The van der Waals surface area contributed by atoms with Crippen LogP contribution in [0.3, 0.4) is 0 Å². The predicted octanol–water partition coefficient (Wildman–Crippen LogP) is 11.1. The van der Waals surface area contributed by atoms with E-state index in [4.69, 9.17) is 13.7 Å². The molecule has 0 spiro atoms. The van der Waals surface area contributed by atoms with E-state index in [1.807, 2.05) is 23.5 Å². The van der Waals surface area contributed by atoms with Crippen LogP contribution in [0.25, 0.3) is 91.3 Å². The van der Waals surface area contributed by atoms with Crippen LogP contribution in [-0.2, 0) is 9.31 Å². The first-order valence-electron chi connectivity index (χ1n) is 16.6. The minimum atomic E-state index is -0.471. The number of para-hydroxylation sites is 1. The summed E-state index contributed by atoms with van der Waals surface area (Å²) in [5, 5.41) is 9.80. The molecule has 6 heteroatoms. The van der Waals surface area contributed by atoms with Crippen molar-refractivity contribution in [1.82, 2.24) is 4.40 Å². The molecule has 0 saturated carbocycles. The highest BCUT2D eigenvalue weighted by atomic mass is 32.1. The molecule has 0 N–H and O–H groups in total. The van der Waals surface area contributed by atoms with Crippen molar-refractivity contribution >= 4 is 104 Å². The summed E-state index contributed by atoms with van der Waals surface area (Å²) < 4.78 is 24.6. The van der Waals surface area contributed by atoms with Gasteiger partial charge in [-0.3, -0.25) is 0 Å². The topological polar surface area (TPSA) is 36.0 Å². The van der Waals surface area contributed by atoms with Gasteiger partial charge in [-0.1, -0.05) is 60.7 Å². The second-order valence-corrected chi connectivity index (χ2v) is 15.4. The summed E-state index contributed by atoms with van der Waals surface area (Å²) in [5.74, 6) is 0. The number of hydrogen-bond acceptors (Lipinski definition) is 4. The van der Waals surface area contributed by atoms with Crippen LogP contribution in [0.15, 0.2) is 114 Å². The molecule has 0 aliphatic carbocycles. The fourth-order valence-electron chi connectivity index (χ4n) is 8.09. The Morgan fingerprint density at radius 3 is 2.00 bits per heavy atom. The predicted molar refractivity (Wildman–Crippen MR) is 202 cm³/mol. The lowest BCUT2D eigenvalue weighted by molar-refractivity contribution is 0.00578. The van der Waals surface area contributed by atoms with Crippen molar-refractivity contribution in [1.29, 1.82) is 0 Å². The van der Waals surface area contributed by atoms with Gasteiger partial charge in [0.1, 0.15) is 11.2 Å². The Morgan fingerprint density at radius 2 is 1.19 bits per heavy atom. The number of rotatable bonds is 2. The minimum absolute atomic E-state index is 0.437. The van der Waals surface area contributed by atoms with Crippen LogP contribution in [0.2, 0.25) is 0 Å².